The van der Waals surface area contributed by atoms with Gasteiger partial charge >= 0.3 is 0 Å². The molecule has 0 saturated carbocycles. The van der Waals surface area contributed by atoms with Gasteiger partial charge in [-0.2, -0.15) is 0 Å². The van der Waals surface area contributed by atoms with Gasteiger partial charge in [0.1, 0.15) is 17.3 Å². The minimum atomic E-state index is -0.706. The Kier molecular flexibility index (Phi) is 9.32. The number of hydrogen-bond donors (Lipinski definition) is 1. The van der Waals surface area contributed by atoms with Crippen LogP contribution in [-0.4, -0.2) is 66.0 Å². The number of nitrogens with zero attached hydrogens (tertiary/aromatic N) is 2. The van der Waals surface area contributed by atoms with Gasteiger partial charge in [0.25, 0.3) is 11.7 Å². The van der Waals surface area contributed by atoms with Crippen molar-refractivity contribution in [1.29, 1.82) is 0 Å². The Bertz CT molecular complexity index is 1060. The fraction of sp³-hybridized carbons (Fsp3) is 0.429. The molecule has 0 spiro atoms. The Morgan fingerprint density at radius 2 is 1.57 bits per heavy atom. The molecule has 1 fully saturated rings. The average Bonchev–Trinajstić information content (AvgIpc) is 3.12. The smallest absolute Gasteiger partial charge is 0.295 e. The van der Waals surface area contributed by atoms with E-state index in [1.807, 2.05) is 38.1 Å². The number of Topliss-reactive ketones (excluding diaryl/α,β-unsaturated/α-hetero) is 1. The van der Waals surface area contributed by atoms with Crippen LogP contribution in [0.1, 0.15) is 51.3 Å². The molecule has 1 aliphatic rings. The molecule has 35 heavy (non-hydrogen) atoms. The maximum atomic E-state index is 13.3. The van der Waals surface area contributed by atoms with Crippen molar-refractivity contribution in [2.45, 2.75) is 40.2 Å². The van der Waals surface area contributed by atoms with E-state index >= 15 is 0 Å². The number of carbonyl (C=O) groups excluding carboxylic acids is 2. The number of carbonyl (C=O) groups is 2. The van der Waals surface area contributed by atoms with E-state index in [9.17, 15) is 14.7 Å². The Labute approximate surface area is 207 Å². The summed E-state index contributed by atoms with van der Waals surface area (Å²) in [6.07, 6.45) is 0.718. The van der Waals surface area contributed by atoms with Gasteiger partial charge in [-0.05, 0) is 69.7 Å². The Hall–Kier alpha value is -3.32. The molecule has 3 rings (SSSR count). The zero-order chi connectivity index (χ0) is 25.4. The second kappa shape index (κ2) is 12.4. The third-order valence-corrected chi connectivity index (χ3v) is 6.21. The summed E-state index contributed by atoms with van der Waals surface area (Å²) in [5.74, 6) is -0.252. The molecule has 1 aliphatic heterocycles. The van der Waals surface area contributed by atoms with Crippen LogP contribution < -0.4 is 9.47 Å². The van der Waals surface area contributed by atoms with Gasteiger partial charge in [0.15, 0.2) is 0 Å². The Morgan fingerprint density at radius 3 is 2.20 bits per heavy atom. The van der Waals surface area contributed by atoms with Crippen LogP contribution in [0.5, 0.6) is 11.5 Å². The van der Waals surface area contributed by atoms with Gasteiger partial charge < -0.3 is 24.4 Å². The van der Waals surface area contributed by atoms with E-state index in [0.717, 1.165) is 31.6 Å². The molecule has 2 aromatic rings. The van der Waals surface area contributed by atoms with Crippen LogP contribution in [0.25, 0.3) is 5.76 Å². The molecule has 0 radical (unpaired) electrons. The van der Waals surface area contributed by atoms with E-state index in [0.29, 0.717) is 36.8 Å². The zero-order valence-electron chi connectivity index (χ0n) is 21.1. The summed E-state index contributed by atoms with van der Waals surface area (Å²) in [5, 5.41) is 11.3. The standard InChI is InChI=1S/C28H36N2O5/c1-5-29(6-2)16-11-17-30-25(20-12-9-14-22(18-20)34-7-3)24(27(32)28(30)33)26(31)21-13-10-15-23(19-21)35-8-4/h9-10,12-15,18-19,25,31H,5-8,11,16-17H2,1-4H3/b26-24+. The summed E-state index contributed by atoms with van der Waals surface area (Å²) in [6, 6.07) is 13.6. The lowest BCUT2D eigenvalue weighted by Crippen LogP contribution is -2.33. The minimum Gasteiger partial charge on any atom is -0.507 e. The van der Waals surface area contributed by atoms with Gasteiger partial charge in [-0.3, -0.25) is 9.59 Å². The molecule has 7 heteroatoms. The van der Waals surface area contributed by atoms with E-state index in [1.165, 1.54) is 0 Å². The monoisotopic (exact) mass is 480 g/mol. The van der Waals surface area contributed by atoms with E-state index < -0.39 is 17.7 Å². The Balaban J connectivity index is 2.06. The molecule has 1 heterocycles. The first kappa shape index (κ1) is 26.3. The van der Waals surface area contributed by atoms with E-state index in [-0.39, 0.29) is 11.3 Å². The molecule has 7 nitrogen and oxygen atoms in total. The lowest BCUT2D eigenvalue weighted by Gasteiger charge is -2.27. The number of hydrogen-bond acceptors (Lipinski definition) is 6. The number of rotatable bonds is 12. The van der Waals surface area contributed by atoms with Gasteiger partial charge in [-0.1, -0.05) is 38.1 Å². The van der Waals surface area contributed by atoms with E-state index in [4.69, 9.17) is 9.47 Å². The summed E-state index contributed by atoms with van der Waals surface area (Å²) >= 11 is 0. The van der Waals surface area contributed by atoms with Crippen LogP contribution >= 0.6 is 0 Å². The van der Waals surface area contributed by atoms with E-state index in [1.54, 1.807) is 29.2 Å². The molecule has 0 aliphatic carbocycles. The van der Waals surface area contributed by atoms with Crippen molar-refractivity contribution in [3.05, 3.63) is 65.2 Å². The maximum Gasteiger partial charge on any atom is 0.295 e. The summed E-state index contributed by atoms with van der Waals surface area (Å²) in [6.45, 7) is 12.0. The number of aliphatic hydroxyl groups is 1. The second-order valence-corrected chi connectivity index (χ2v) is 8.34. The third-order valence-electron chi connectivity index (χ3n) is 6.21. The molecule has 2 aromatic carbocycles. The van der Waals surface area contributed by atoms with Crippen molar-refractivity contribution in [1.82, 2.24) is 9.80 Å². The molecule has 0 aromatic heterocycles. The third kappa shape index (κ3) is 6.03. The highest BCUT2D eigenvalue weighted by molar-refractivity contribution is 6.46. The first-order valence-corrected chi connectivity index (χ1v) is 12.4. The molecule has 188 valence electrons. The van der Waals surface area contributed by atoms with Crippen molar-refractivity contribution in [2.75, 3.05) is 39.4 Å². The molecule has 1 N–H and O–H groups in total. The number of benzene rings is 2. The maximum absolute atomic E-state index is 13.3. The largest absolute Gasteiger partial charge is 0.507 e. The predicted molar refractivity (Wildman–Crippen MR) is 137 cm³/mol. The molecular weight excluding hydrogens is 444 g/mol. The zero-order valence-corrected chi connectivity index (χ0v) is 21.1. The first-order chi connectivity index (χ1) is 16.9. The molecule has 1 atom stereocenters. The van der Waals surface area contributed by atoms with Crippen LogP contribution in [0.15, 0.2) is 54.1 Å². The van der Waals surface area contributed by atoms with Crippen molar-refractivity contribution in [3.8, 4) is 11.5 Å². The van der Waals surface area contributed by atoms with Gasteiger partial charge in [0.05, 0.1) is 24.8 Å². The van der Waals surface area contributed by atoms with Crippen LogP contribution in [0.3, 0.4) is 0 Å². The van der Waals surface area contributed by atoms with Gasteiger partial charge in [-0.15, -0.1) is 0 Å². The highest BCUT2D eigenvalue weighted by Gasteiger charge is 2.46. The lowest BCUT2D eigenvalue weighted by molar-refractivity contribution is -0.140. The molecule has 1 unspecified atom stereocenters. The fourth-order valence-corrected chi connectivity index (χ4v) is 4.46. The van der Waals surface area contributed by atoms with Crippen LogP contribution in [0.4, 0.5) is 0 Å². The number of likely N-dealkylation sites (tertiary alicyclic amines) is 1. The van der Waals surface area contributed by atoms with Crippen molar-refractivity contribution < 1.29 is 24.2 Å². The predicted octanol–water partition coefficient (Wildman–Crippen LogP) is 4.64. The molecule has 0 bridgehead atoms. The summed E-state index contributed by atoms with van der Waals surface area (Å²) < 4.78 is 11.2. The number of ether oxygens (including phenoxy) is 2. The minimum absolute atomic E-state index is 0.0835. The lowest BCUT2D eigenvalue weighted by atomic mass is 9.95. The summed E-state index contributed by atoms with van der Waals surface area (Å²) in [5.41, 5.74) is 1.24. The first-order valence-electron chi connectivity index (χ1n) is 12.4. The van der Waals surface area contributed by atoms with Crippen molar-refractivity contribution in [3.63, 3.8) is 0 Å². The second-order valence-electron chi connectivity index (χ2n) is 8.34. The highest BCUT2D eigenvalue weighted by Crippen LogP contribution is 2.40. The summed E-state index contributed by atoms with van der Waals surface area (Å²) in [7, 11) is 0. The normalized spacial score (nSPS) is 17.3. The number of amides is 1. The van der Waals surface area contributed by atoms with Crippen LogP contribution in [0.2, 0.25) is 0 Å². The van der Waals surface area contributed by atoms with Crippen LogP contribution in [-0.2, 0) is 9.59 Å². The summed E-state index contributed by atoms with van der Waals surface area (Å²) in [4.78, 5) is 30.3. The number of aliphatic hydroxyl groups excluding tert-OH is 1. The topological polar surface area (TPSA) is 79.3 Å². The average molecular weight is 481 g/mol. The molecular formula is C28H36N2O5. The number of ketones is 1. The van der Waals surface area contributed by atoms with Gasteiger partial charge in [0.2, 0.25) is 0 Å². The fourth-order valence-electron chi connectivity index (χ4n) is 4.46. The SMILES string of the molecule is CCOc1cccc(/C(O)=C2\C(=O)C(=O)N(CCCN(CC)CC)C2c2cccc(OCC)c2)c1. The van der Waals surface area contributed by atoms with Gasteiger partial charge in [-0.25, -0.2) is 0 Å². The molecule has 1 amide bonds. The molecule has 1 saturated heterocycles. The van der Waals surface area contributed by atoms with E-state index in [2.05, 4.69) is 18.7 Å². The highest BCUT2D eigenvalue weighted by atomic mass is 16.5. The van der Waals surface area contributed by atoms with Gasteiger partial charge in [0, 0.05) is 12.1 Å². The Morgan fingerprint density at radius 1 is 0.943 bits per heavy atom. The quantitative estimate of drug-likeness (QED) is 0.271. The van der Waals surface area contributed by atoms with Crippen LogP contribution in [0, 0.1) is 0 Å². The van der Waals surface area contributed by atoms with Crippen molar-refractivity contribution >= 4 is 17.4 Å². The van der Waals surface area contributed by atoms with Crippen molar-refractivity contribution in [2.24, 2.45) is 0 Å².